The van der Waals surface area contributed by atoms with E-state index in [9.17, 15) is 4.79 Å². The smallest absolute Gasteiger partial charge is 0.313 e. The molecule has 150 valence electrons. The van der Waals surface area contributed by atoms with Crippen molar-refractivity contribution in [1.82, 2.24) is 10.2 Å². The number of ether oxygens (including phenoxy) is 1. The van der Waals surface area contributed by atoms with E-state index in [-0.39, 0.29) is 11.8 Å². The number of hydrogen-bond acceptors (Lipinski definition) is 6. The molecule has 7 heteroatoms. The fraction of sp³-hybridized carbons (Fsp3) is 0.318. The van der Waals surface area contributed by atoms with Gasteiger partial charge in [-0.3, -0.25) is 4.79 Å². The Hall–Kier alpha value is -3.35. The number of carbonyl (C=O) groups excluding carboxylic acids is 1. The Morgan fingerprint density at radius 1 is 1.10 bits per heavy atom. The summed E-state index contributed by atoms with van der Waals surface area (Å²) in [6.45, 7) is 4.44. The standard InChI is InChI=1S/C22H24N4O3/c1-15-11-13-26(14-12-15)17-9-7-16(8-10-17)23-20(27)22-25-24-21(29-22)18-5-3-4-6-19(18)28-2/h3-10,15H,11-14H2,1-2H3,(H,23,27). The summed E-state index contributed by atoms with van der Waals surface area (Å²) in [4.78, 5) is 14.9. The minimum absolute atomic E-state index is 0.0972. The Morgan fingerprint density at radius 3 is 2.55 bits per heavy atom. The zero-order valence-corrected chi connectivity index (χ0v) is 16.6. The predicted molar refractivity (Wildman–Crippen MR) is 111 cm³/mol. The van der Waals surface area contributed by atoms with Crippen LogP contribution in [0.2, 0.25) is 0 Å². The molecule has 1 amide bonds. The summed E-state index contributed by atoms with van der Waals surface area (Å²) in [5.74, 6) is 1.09. The number of carbonyl (C=O) groups is 1. The molecular formula is C22H24N4O3. The molecule has 1 aliphatic heterocycles. The number of benzene rings is 2. The first-order chi connectivity index (χ1) is 14.1. The molecular weight excluding hydrogens is 368 g/mol. The van der Waals surface area contributed by atoms with Crippen molar-refractivity contribution >= 4 is 17.3 Å². The van der Waals surface area contributed by atoms with Gasteiger partial charge in [0.2, 0.25) is 0 Å². The maximum atomic E-state index is 12.5. The summed E-state index contributed by atoms with van der Waals surface area (Å²) >= 11 is 0. The second-order valence-electron chi connectivity index (χ2n) is 7.28. The predicted octanol–water partition coefficient (Wildman–Crippen LogP) is 4.23. The molecule has 4 rings (SSSR count). The van der Waals surface area contributed by atoms with Crippen molar-refractivity contribution in [3.63, 3.8) is 0 Å². The van der Waals surface area contributed by atoms with E-state index in [0.717, 1.165) is 19.0 Å². The van der Waals surface area contributed by atoms with Gasteiger partial charge in [-0.15, -0.1) is 10.2 Å². The molecule has 0 atom stereocenters. The highest BCUT2D eigenvalue weighted by Gasteiger charge is 2.19. The molecule has 1 N–H and O–H groups in total. The SMILES string of the molecule is COc1ccccc1-c1nnc(C(=O)Nc2ccc(N3CCC(C)CC3)cc2)o1. The molecule has 0 bridgehead atoms. The van der Waals surface area contributed by atoms with Crippen LogP contribution in [-0.4, -0.2) is 36.3 Å². The van der Waals surface area contributed by atoms with Gasteiger partial charge >= 0.3 is 11.8 Å². The molecule has 1 aromatic heterocycles. The molecule has 2 aromatic carbocycles. The number of aromatic nitrogens is 2. The van der Waals surface area contributed by atoms with Crippen LogP contribution in [0.4, 0.5) is 11.4 Å². The van der Waals surface area contributed by atoms with Crippen LogP contribution in [0.1, 0.15) is 30.5 Å². The number of piperidine rings is 1. The molecule has 0 saturated carbocycles. The first kappa shape index (κ1) is 19.0. The van der Waals surface area contributed by atoms with Crippen molar-refractivity contribution in [2.75, 3.05) is 30.4 Å². The fourth-order valence-electron chi connectivity index (χ4n) is 3.45. The van der Waals surface area contributed by atoms with Gasteiger partial charge < -0.3 is 19.4 Å². The summed E-state index contributed by atoms with van der Waals surface area (Å²) in [6, 6.07) is 15.1. The van der Waals surface area contributed by atoms with Gasteiger partial charge in [-0.25, -0.2) is 0 Å². The lowest BCUT2D eigenvalue weighted by atomic mass is 9.99. The molecule has 7 nitrogen and oxygen atoms in total. The summed E-state index contributed by atoms with van der Waals surface area (Å²) < 4.78 is 10.9. The van der Waals surface area contributed by atoms with E-state index in [0.29, 0.717) is 17.0 Å². The van der Waals surface area contributed by atoms with Crippen LogP contribution in [0.15, 0.2) is 52.9 Å². The number of nitrogens with zero attached hydrogens (tertiary/aromatic N) is 3. The summed E-state index contributed by atoms with van der Waals surface area (Å²) in [6.07, 6.45) is 2.42. The van der Waals surface area contributed by atoms with E-state index in [1.165, 1.54) is 18.5 Å². The minimum Gasteiger partial charge on any atom is -0.496 e. The van der Waals surface area contributed by atoms with E-state index < -0.39 is 5.91 Å². The third-order valence-electron chi connectivity index (χ3n) is 5.23. The third kappa shape index (κ3) is 4.23. The average molecular weight is 392 g/mol. The van der Waals surface area contributed by atoms with Gasteiger partial charge in [0, 0.05) is 24.5 Å². The highest BCUT2D eigenvalue weighted by molar-refractivity contribution is 6.01. The molecule has 0 spiro atoms. The summed E-state index contributed by atoms with van der Waals surface area (Å²) in [7, 11) is 1.57. The topological polar surface area (TPSA) is 80.5 Å². The van der Waals surface area contributed by atoms with Gasteiger partial charge in [0.05, 0.1) is 12.7 Å². The van der Waals surface area contributed by atoms with E-state index >= 15 is 0 Å². The van der Waals surface area contributed by atoms with Gasteiger partial charge in [0.15, 0.2) is 0 Å². The third-order valence-corrected chi connectivity index (χ3v) is 5.23. The Balaban J connectivity index is 1.43. The van der Waals surface area contributed by atoms with Gasteiger partial charge in [-0.05, 0) is 55.2 Å². The Bertz CT molecular complexity index is 976. The second-order valence-corrected chi connectivity index (χ2v) is 7.28. The molecule has 29 heavy (non-hydrogen) atoms. The highest BCUT2D eigenvalue weighted by Crippen LogP contribution is 2.28. The number of hydrogen-bond donors (Lipinski definition) is 1. The number of rotatable bonds is 5. The maximum Gasteiger partial charge on any atom is 0.313 e. The number of para-hydroxylation sites is 1. The van der Waals surface area contributed by atoms with E-state index in [1.807, 2.05) is 36.4 Å². The minimum atomic E-state index is -0.446. The van der Waals surface area contributed by atoms with E-state index in [4.69, 9.17) is 9.15 Å². The van der Waals surface area contributed by atoms with Crippen LogP contribution < -0.4 is 15.0 Å². The van der Waals surface area contributed by atoms with Crippen molar-refractivity contribution in [3.05, 3.63) is 54.4 Å². The molecule has 0 aliphatic carbocycles. The second kappa shape index (κ2) is 8.34. The van der Waals surface area contributed by atoms with Gasteiger partial charge in [-0.1, -0.05) is 19.1 Å². The molecule has 1 fully saturated rings. The van der Waals surface area contributed by atoms with E-state index in [1.54, 1.807) is 19.2 Å². The lowest BCUT2D eigenvalue weighted by Crippen LogP contribution is -2.32. The largest absolute Gasteiger partial charge is 0.496 e. The first-order valence-corrected chi connectivity index (χ1v) is 9.77. The Morgan fingerprint density at radius 2 is 1.83 bits per heavy atom. The lowest BCUT2D eigenvalue weighted by molar-refractivity contribution is 0.0991. The molecule has 0 unspecified atom stereocenters. The molecule has 3 aromatic rings. The van der Waals surface area contributed by atoms with Crippen LogP contribution in [0.25, 0.3) is 11.5 Å². The molecule has 1 aliphatic rings. The van der Waals surface area contributed by atoms with E-state index in [2.05, 4.69) is 27.3 Å². The first-order valence-electron chi connectivity index (χ1n) is 9.77. The van der Waals surface area contributed by atoms with Crippen LogP contribution in [-0.2, 0) is 0 Å². The lowest BCUT2D eigenvalue weighted by Gasteiger charge is -2.32. The fourth-order valence-corrected chi connectivity index (χ4v) is 3.45. The maximum absolute atomic E-state index is 12.5. The Kier molecular flexibility index (Phi) is 5.46. The van der Waals surface area contributed by atoms with Crippen LogP contribution in [0.3, 0.4) is 0 Å². The number of nitrogens with one attached hydrogen (secondary N) is 1. The zero-order chi connectivity index (χ0) is 20.2. The van der Waals surface area contributed by atoms with Crippen LogP contribution in [0, 0.1) is 5.92 Å². The van der Waals surface area contributed by atoms with Gasteiger partial charge in [-0.2, -0.15) is 0 Å². The van der Waals surface area contributed by atoms with Gasteiger partial charge in [0.25, 0.3) is 5.89 Å². The monoisotopic (exact) mass is 392 g/mol. The van der Waals surface area contributed by atoms with Crippen LogP contribution in [0.5, 0.6) is 5.75 Å². The van der Waals surface area contributed by atoms with Gasteiger partial charge in [0.1, 0.15) is 5.75 Å². The van der Waals surface area contributed by atoms with Crippen molar-refractivity contribution in [3.8, 4) is 17.2 Å². The van der Waals surface area contributed by atoms with Crippen molar-refractivity contribution < 1.29 is 13.9 Å². The van der Waals surface area contributed by atoms with Crippen molar-refractivity contribution in [1.29, 1.82) is 0 Å². The van der Waals surface area contributed by atoms with Crippen molar-refractivity contribution in [2.45, 2.75) is 19.8 Å². The zero-order valence-electron chi connectivity index (χ0n) is 16.6. The molecule has 0 radical (unpaired) electrons. The highest BCUT2D eigenvalue weighted by atomic mass is 16.5. The number of amides is 1. The number of methoxy groups -OCH3 is 1. The normalized spacial score (nSPS) is 14.6. The average Bonchev–Trinajstić information content (AvgIpc) is 3.25. The Labute approximate surface area is 169 Å². The van der Waals surface area contributed by atoms with Crippen molar-refractivity contribution in [2.24, 2.45) is 5.92 Å². The summed E-state index contributed by atoms with van der Waals surface area (Å²) in [5, 5.41) is 10.6. The van der Waals surface area contributed by atoms with Crippen LogP contribution >= 0.6 is 0 Å². The molecule has 1 saturated heterocycles. The quantitative estimate of drug-likeness (QED) is 0.700. The molecule has 2 heterocycles. The number of anilines is 2. The summed E-state index contributed by atoms with van der Waals surface area (Å²) in [5.41, 5.74) is 2.49.